The molecule has 0 radical (unpaired) electrons. The van der Waals surface area contributed by atoms with Crippen LogP contribution in [0.1, 0.15) is 21.5 Å². The van der Waals surface area contributed by atoms with Crippen molar-refractivity contribution in [2.75, 3.05) is 17.6 Å². The van der Waals surface area contributed by atoms with E-state index in [0.29, 0.717) is 16.5 Å². The van der Waals surface area contributed by atoms with Crippen molar-refractivity contribution in [3.63, 3.8) is 0 Å². The summed E-state index contributed by atoms with van der Waals surface area (Å²) in [5.74, 6) is -1.40. The zero-order valence-corrected chi connectivity index (χ0v) is 20.7. The predicted octanol–water partition coefficient (Wildman–Crippen LogP) is -0.997. The Hall–Kier alpha value is -1.56. The summed E-state index contributed by atoms with van der Waals surface area (Å²) in [6.45, 7) is 0.236. The molecule has 0 N–H and O–H groups in total. The van der Waals surface area contributed by atoms with Gasteiger partial charge in [0.2, 0.25) is 10.0 Å². The molecule has 2 aromatic carbocycles. The molecule has 0 saturated carbocycles. The number of rotatable bonds is 4. The normalized spacial score (nSPS) is 13.3. The molecule has 1 aromatic heterocycles. The second kappa shape index (κ2) is 8.52. The molecule has 0 unspecified atom stereocenters. The van der Waals surface area contributed by atoms with Crippen LogP contribution in [0.2, 0.25) is 0 Å². The van der Waals surface area contributed by atoms with Crippen LogP contribution in [-0.2, 0) is 23.1 Å². The molecule has 4 rings (SSSR count). The minimum absolute atomic E-state index is 0. The van der Waals surface area contributed by atoms with Crippen molar-refractivity contribution in [2.24, 2.45) is 0 Å². The van der Waals surface area contributed by atoms with Crippen molar-refractivity contribution < 1.29 is 74.1 Å². The van der Waals surface area contributed by atoms with Crippen molar-refractivity contribution in [3.05, 3.63) is 65.1 Å². The van der Waals surface area contributed by atoms with Crippen LogP contribution in [0.15, 0.2) is 42.6 Å². The van der Waals surface area contributed by atoms with Crippen LogP contribution < -0.4 is 60.8 Å². The summed E-state index contributed by atoms with van der Waals surface area (Å²) in [4.78, 5) is 18.5. The van der Waals surface area contributed by atoms with E-state index in [1.807, 2.05) is 0 Å². The van der Waals surface area contributed by atoms with Crippen molar-refractivity contribution in [2.45, 2.75) is 13.1 Å². The van der Waals surface area contributed by atoms with E-state index in [1.165, 1.54) is 30.3 Å². The zero-order valence-electron chi connectivity index (χ0n) is 16.7. The molecule has 0 saturated heterocycles. The van der Waals surface area contributed by atoms with Gasteiger partial charge in [-0.25, -0.2) is 12.8 Å². The summed E-state index contributed by atoms with van der Waals surface area (Å²) in [6.07, 6.45) is 2.48. The summed E-state index contributed by atoms with van der Waals surface area (Å²) in [5, 5.41) is 13.3. The number of anilines is 1. The molecule has 3 aromatic rings. The number of hydrogen-bond acceptors (Lipinski definition) is 5. The van der Waals surface area contributed by atoms with Gasteiger partial charge in [0.05, 0.1) is 17.5 Å². The largest absolute Gasteiger partial charge is 1.00 e. The smallest absolute Gasteiger partial charge is 0.870 e. The van der Waals surface area contributed by atoms with Crippen LogP contribution in [0, 0.1) is 5.82 Å². The van der Waals surface area contributed by atoms with Crippen LogP contribution in [0.5, 0.6) is 5.75 Å². The molecule has 0 spiro atoms. The molecule has 0 aliphatic carbocycles. The van der Waals surface area contributed by atoms with E-state index in [1.54, 1.807) is 24.3 Å². The number of fused-ring (bicyclic) bond motifs is 2. The number of hydrogen-bond donors (Lipinski definition) is 0. The van der Waals surface area contributed by atoms with Gasteiger partial charge in [-0.2, -0.15) is 0 Å². The molecule has 10 heteroatoms. The van der Waals surface area contributed by atoms with E-state index in [4.69, 9.17) is 0 Å². The van der Waals surface area contributed by atoms with E-state index < -0.39 is 21.7 Å². The van der Waals surface area contributed by atoms with Gasteiger partial charge in [0, 0.05) is 42.8 Å². The second-order valence-electron chi connectivity index (χ2n) is 6.95. The molecule has 0 bridgehead atoms. The molecule has 2 heterocycles. The SMILES string of the molecule is CN(c1c2c(c([O-])c3ncccc13)C(=O)N(Cc1ccc(F)cc1)C2)S(C)(=O)=O.[K+]. The number of carbonyl (C=O) groups is 1. The molecular formula is C20H17FKN3O4S. The minimum Gasteiger partial charge on any atom is -0.870 e. The molecule has 1 aliphatic heterocycles. The van der Waals surface area contributed by atoms with Crippen LogP contribution in [0.4, 0.5) is 10.1 Å². The molecule has 0 fully saturated rings. The molecule has 1 amide bonds. The van der Waals surface area contributed by atoms with Crippen molar-refractivity contribution in [1.82, 2.24) is 9.88 Å². The van der Waals surface area contributed by atoms with Gasteiger partial charge in [0.15, 0.2) is 0 Å². The van der Waals surface area contributed by atoms with E-state index in [9.17, 15) is 22.7 Å². The van der Waals surface area contributed by atoms with Crippen LogP contribution in [0.3, 0.4) is 0 Å². The quantitative estimate of drug-likeness (QED) is 0.473. The minimum atomic E-state index is -3.65. The zero-order chi connectivity index (χ0) is 20.9. The Labute approximate surface area is 216 Å². The van der Waals surface area contributed by atoms with Gasteiger partial charge in [-0.05, 0) is 29.8 Å². The molecule has 30 heavy (non-hydrogen) atoms. The maximum atomic E-state index is 13.2. The maximum Gasteiger partial charge on any atom is 1.00 e. The number of carbonyl (C=O) groups excluding carboxylic acids is 1. The summed E-state index contributed by atoms with van der Waals surface area (Å²) >= 11 is 0. The van der Waals surface area contributed by atoms with Gasteiger partial charge >= 0.3 is 51.4 Å². The number of nitrogens with zero attached hydrogens (tertiary/aromatic N) is 3. The van der Waals surface area contributed by atoms with Crippen molar-refractivity contribution >= 4 is 32.5 Å². The number of benzene rings is 2. The van der Waals surface area contributed by atoms with Gasteiger partial charge in [-0.3, -0.25) is 14.1 Å². The molecule has 7 nitrogen and oxygen atoms in total. The summed E-state index contributed by atoms with van der Waals surface area (Å²) in [7, 11) is -2.26. The Morgan fingerprint density at radius 1 is 1.23 bits per heavy atom. The fourth-order valence-electron chi connectivity index (χ4n) is 3.58. The Balaban J connectivity index is 0.00000256. The molecular weight excluding hydrogens is 436 g/mol. The van der Waals surface area contributed by atoms with Crippen molar-refractivity contribution in [1.29, 1.82) is 0 Å². The second-order valence-corrected chi connectivity index (χ2v) is 8.96. The summed E-state index contributed by atoms with van der Waals surface area (Å²) in [5.41, 5.74) is 1.31. The topological polar surface area (TPSA) is 93.6 Å². The van der Waals surface area contributed by atoms with Gasteiger partial charge < -0.3 is 10.0 Å². The van der Waals surface area contributed by atoms with E-state index in [-0.39, 0.29) is 87.1 Å². The number of aromatic nitrogens is 1. The predicted molar refractivity (Wildman–Crippen MR) is 104 cm³/mol. The first-order valence-electron chi connectivity index (χ1n) is 8.76. The van der Waals surface area contributed by atoms with E-state index in [2.05, 4.69) is 4.98 Å². The fraction of sp³-hybridized carbons (Fsp3) is 0.200. The average Bonchev–Trinajstić information content (AvgIpc) is 2.99. The van der Waals surface area contributed by atoms with Gasteiger partial charge in [-0.1, -0.05) is 17.9 Å². The Morgan fingerprint density at radius 2 is 1.90 bits per heavy atom. The van der Waals surface area contributed by atoms with Crippen molar-refractivity contribution in [3.8, 4) is 5.75 Å². The first-order valence-corrected chi connectivity index (χ1v) is 10.6. The third-order valence-electron chi connectivity index (χ3n) is 5.04. The van der Waals surface area contributed by atoms with Crippen LogP contribution >= 0.6 is 0 Å². The third-order valence-corrected chi connectivity index (χ3v) is 6.22. The first-order chi connectivity index (χ1) is 13.7. The fourth-order valence-corrected chi connectivity index (χ4v) is 4.12. The summed E-state index contributed by atoms with van der Waals surface area (Å²) < 4.78 is 38.7. The van der Waals surface area contributed by atoms with Gasteiger partial charge in [0.1, 0.15) is 5.82 Å². The van der Waals surface area contributed by atoms with Crippen LogP contribution in [0.25, 0.3) is 10.9 Å². The van der Waals surface area contributed by atoms with E-state index >= 15 is 0 Å². The number of sulfonamides is 1. The van der Waals surface area contributed by atoms with E-state index in [0.717, 1.165) is 10.6 Å². The number of pyridine rings is 1. The maximum absolute atomic E-state index is 13.2. The third kappa shape index (κ3) is 3.99. The average molecular weight is 454 g/mol. The standard InChI is InChI=1S/C20H18FN3O4S.K/c1-23(29(2,27)28)18-14-4-3-9-22-17(14)19(25)16-15(18)11-24(20(16)26)10-12-5-7-13(21)8-6-12;/h3-9,25H,10-11H2,1-2H3;/q;+1/p-1. The Bertz CT molecular complexity index is 1250. The van der Waals surface area contributed by atoms with Gasteiger partial charge in [0.25, 0.3) is 5.91 Å². The number of amides is 1. The Morgan fingerprint density at radius 3 is 2.53 bits per heavy atom. The molecule has 1 aliphatic rings. The molecule has 0 atom stereocenters. The number of halogens is 1. The van der Waals surface area contributed by atoms with Gasteiger partial charge in [-0.15, -0.1) is 0 Å². The summed E-state index contributed by atoms with van der Waals surface area (Å²) in [6, 6.07) is 8.94. The van der Waals surface area contributed by atoms with Crippen LogP contribution in [-0.4, -0.2) is 37.5 Å². The monoisotopic (exact) mass is 453 g/mol. The molecule has 150 valence electrons. The first kappa shape index (κ1) is 23.1. The Kier molecular flexibility index (Phi) is 6.56.